The number of nitrogens with one attached hydrogen (secondary N) is 1. The Bertz CT molecular complexity index is 255. The van der Waals surface area contributed by atoms with E-state index in [1.54, 1.807) is 0 Å². The van der Waals surface area contributed by atoms with E-state index in [-0.39, 0.29) is 6.04 Å². The maximum atomic E-state index is 13.4. The normalized spacial score (nSPS) is 39.3. The van der Waals surface area contributed by atoms with Crippen LogP contribution in [-0.4, -0.2) is 43.1 Å². The van der Waals surface area contributed by atoms with E-state index < -0.39 is 6.17 Å². The highest BCUT2D eigenvalue weighted by atomic mass is 19.1. The molecule has 2 aliphatic rings. The molecule has 1 N–H and O–H groups in total. The third-order valence-corrected chi connectivity index (χ3v) is 3.90. The molecule has 0 bridgehead atoms. The number of alkyl halides is 1. The van der Waals surface area contributed by atoms with E-state index >= 15 is 0 Å². The first-order valence-electron chi connectivity index (χ1n) is 6.35. The number of rotatable bonds is 3. The molecule has 0 radical (unpaired) electrons. The van der Waals surface area contributed by atoms with Crippen molar-refractivity contribution in [2.75, 3.05) is 13.6 Å². The second-order valence-electron chi connectivity index (χ2n) is 5.00. The lowest BCUT2D eigenvalue weighted by atomic mass is 9.83. The molecule has 4 atom stereocenters. The summed E-state index contributed by atoms with van der Waals surface area (Å²) in [5.74, 6) is 0.614. The van der Waals surface area contributed by atoms with Gasteiger partial charge in [0, 0.05) is 0 Å². The first kappa shape index (κ1) is 11.8. The SMILES string of the molecule is CNCC1CCCC[C@@H]1N1N=CC(F)[C@H]1C. The maximum absolute atomic E-state index is 13.4. The molecule has 1 heterocycles. The van der Waals surface area contributed by atoms with Crippen molar-refractivity contribution < 1.29 is 4.39 Å². The van der Waals surface area contributed by atoms with Crippen molar-refractivity contribution in [1.82, 2.24) is 10.3 Å². The van der Waals surface area contributed by atoms with E-state index in [1.807, 2.05) is 19.0 Å². The fourth-order valence-electron chi connectivity index (χ4n) is 2.94. The summed E-state index contributed by atoms with van der Waals surface area (Å²) in [6.07, 6.45) is 5.50. The smallest absolute Gasteiger partial charge is 0.158 e. The Morgan fingerprint density at radius 1 is 1.44 bits per heavy atom. The molecule has 0 aromatic rings. The Hall–Kier alpha value is -0.640. The predicted octanol–water partition coefficient (Wildman–Crippen LogP) is 1.79. The van der Waals surface area contributed by atoms with Gasteiger partial charge in [0.05, 0.1) is 18.3 Å². The van der Waals surface area contributed by atoms with Gasteiger partial charge in [-0.05, 0) is 39.3 Å². The second-order valence-corrected chi connectivity index (χ2v) is 5.00. The molecule has 0 saturated heterocycles. The average molecular weight is 227 g/mol. The number of halogens is 1. The highest BCUT2D eigenvalue weighted by molar-refractivity contribution is 5.65. The highest BCUT2D eigenvalue weighted by Gasteiger charge is 2.36. The van der Waals surface area contributed by atoms with Gasteiger partial charge in [0.1, 0.15) is 0 Å². The predicted molar refractivity (Wildman–Crippen MR) is 64.4 cm³/mol. The second kappa shape index (κ2) is 5.13. The van der Waals surface area contributed by atoms with Gasteiger partial charge < -0.3 is 5.32 Å². The summed E-state index contributed by atoms with van der Waals surface area (Å²) in [6, 6.07) is 0.343. The molecule has 1 saturated carbocycles. The fourth-order valence-corrected chi connectivity index (χ4v) is 2.94. The summed E-state index contributed by atoms with van der Waals surface area (Å²) in [7, 11) is 1.99. The molecule has 2 rings (SSSR count). The highest BCUT2D eigenvalue weighted by Crippen LogP contribution is 2.31. The van der Waals surface area contributed by atoms with Gasteiger partial charge in [-0.25, -0.2) is 4.39 Å². The van der Waals surface area contributed by atoms with Crippen LogP contribution in [0.1, 0.15) is 32.6 Å². The minimum atomic E-state index is -0.892. The minimum absolute atomic E-state index is 0.0811. The zero-order valence-corrected chi connectivity index (χ0v) is 10.2. The van der Waals surface area contributed by atoms with Crippen molar-refractivity contribution in [3.8, 4) is 0 Å². The minimum Gasteiger partial charge on any atom is -0.319 e. The van der Waals surface area contributed by atoms with E-state index in [0.29, 0.717) is 12.0 Å². The number of nitrogens with zero attached hydrogens (tertiary/aromatic N) is 2. The zero-order valence-electron chi connectivity index (χ0n) is 10.2. The van der Waals surface area contributed by atoms with Gasteiger partial charge in [0.25, 0.3) is 0 Å². The molecular formula is C12H22FN3. The van der Waals surface area contributed by atoms with E-state index in [4.69, 9.17) is 0 Å². The molecule has 92 valence electrons. The summed E-state index contributed by atoms with van der Waals surface area (Å²) in [6.45, 7) is 2.95. The molecule has 0 spiro atoms. The monoisotopic (exact) mass is 227 g/mol. The van der Waals surface area contributed by atoms with E-state index in [9.17, 15) is 4.39 Å². The van der Waals surface area contributed by atoms with Crippen LogP contribution in [0.15, 0.2) is 5.10 Å². The Morgan fingerprint density at radius 3 is 2.81 bits per heavy atom. The van der Waals surface area contributed by atoms with Gasteiger partial charge in [0.2, 0.25) is 0 Å². The standard InChI is InChI=1S/C12H22FN3/c1-9-11(13)8-15-16(9)12-6-4-3-5-10(12)7-14-2/h8-12,14H,3-7H2,1-2H3/t9-,10?,11?,12+/m1/s1. The van der Waals surface area contributed by atoms with Crippen LogP contribution < -0.4 is 5.32 Å². The van der Waals surface area contributed by atoms with Crippen molar-refractivity contribution >= 4 is 6.21 Å². The lowest BCUT2D eigenvalue weighted by Gasteiger charge is -2.39. The third-order valence-electron chi connectivity index (χ3n) is 3.90. The summed E-state index contributed by atoms with van der Waals surface area (Å²) in [4.78, 5) is 0. The molecule has 16 heavy (non-hydrogen) atoms. The summed E-state index contributed by atoms with van der Waals surface area (Å²) in [5.41, 5.74) is 0. The Kier molecular flexibility index (Phi) is 3.79. The van der Waals surface area contributed by atoms with Crippen LogP contribution in [-0.2, 0) is 0 Å². The van der Waals surface area contributed by atoms with Crippen molar-refractivity contribution in [3.05, 3.63) is 0 Å². The van der Waals surface area contributed by atoms with Crippen LogP contribution in [0.25, 0.3) is 0 Å². The number of hydrazone groups is 1. The average Bonchev–Trinajstić information content (AvgIpc) is 2.61. The fraction of sp³-hybridized carbons (Fsp3) is 0.917. The largest absolute Gasteiger partial charge is 0.319 e. The third kappa shape index (κ3) is 2.21. The van der Waals surface area contributed by atoms with Crippen molar-refractivity contribution in [2.24, 2.45) is 11.0 Å². The topological polar surface area (TPSA) is 27.6 Å². The summed E-state index contributed by atoms with van der Waals surface area (Å²) >= 11 is 0. The molecule has 0 aromatic heterocycles. The molecule has 2 unspecified atom stereocenters. The molecule has 4 heteroatoms. The van der Waals surface area contributed by atoms with Crippen molar-refractivity contribution in [1.29, 1.82) is 0 Å². The van der Waals surface area contributed by atoms with Crippen LogP contribution in [0.3, 0.4) is 0 Å². The first-order chi connectivity index (χ1) is 7.74. The van der Waals surface area contributed by atoms with Gasteiger partial charge in [-0.1, -0.05) is 12.8 Å². The lowest BCUT2D eigenvalue weighted by molar-refractivity contribution is 0.0675. The van der Waals surface area contributed by atoms with Gasteiger partial charge >= 0.3 is 0 Å². The van der Waals surface area contributed by atoms with Crippen molar-refractivity contribution in [2.45, 2.75) is 50.9 Å². The summed E-state index contributed by atoms with van der Waals surface area (Å²) in [5, 5.41) is 9.51. The van der Waals surface area contributed by atoms with Gasteiger partial charge in [0.15, 0.2) is 6.17 Å². The van der Waals surface area contributed by atoms with Crippen LogP contribution >= 0.6 is 0 Å². The van der Waals surface area contributed by atoms with Gasteiger partial charge in [-0.3, -0.25) is 5.01 Å². The Labute approximate surface area is 97.1 Å². The molecule has 0 amide bonds. The van der Waals surface area contributed by atoms with Crippen LogP contribution in [0.5, 0.6) is 0 Å². The zero-order chi connectivity index (χ0) is 11.5. The van der Waals surface area contributed by atoms with Crippen LogP contribution in [0, 0.1) is 5.92 Å². The molecular weight excluding hydrogens is 205 g/mol. The number of hydrogen-bond donors (Lipinski definition) is 1. The van der Waals surface area contributed by atoms with Crippen molar-refractivity contribution in [3.63, 3.8) is 0 Å². The van der Waals surface area contributed by atoms with E-state index in [2.05, 4.69) is 10.4 Å². The molecule has 3 nitrogen and oxygen atoms in total. The van der Waals surface area contributed by atoms with Crippen LogP contribution in [0.2, 0.25) is 0 Å². The van der Waals surface area contributed by atoms with Gasteiger partial charge in [-0.15, -0.1) is 0 Å². The van der Waals surface area contributed by atoms with E-state index in [1.165, 1.54) is 25.5 Å². The molecule has 1 aliphatic heterocycles. The Balaban J connectivity index is 2.02. The quantitative estimate of drug-likeness (QED) is 0.796. The number of hydrogen-bond acceptors (Lipinski definition) is 3. The Morgan fingerprint density at radius 2 is 2.19 bits per heavy atom. The maximum Gasteiger partial charge on any atom is 0.158 e. The van der Waals surface area contributed by atoms with E-state index in [0.717, 1.165) is 13.0 Å². The van der Waals surface area contributed by atoms with Crippen LogP contribution in [0.4, 0.5) is 4.39 Å². The lowest BCUT2D eigenvalue weighted by Crippen LogP contribution is -2.46. The molecule has 1 fully saturated rings. The molecule has 1 aliphatic carbocycles. The summed E-state index contributed by atoms with van der Waals surface area (Å²) < 4.78 is 13.4. The van der Waals surface area contributed by atoms with Gasteiger partial charge in [-0.2, -0.15) is 5.10 Å². The molecule has 0 aromatic carbocycles. The first-order valence-corrected chi connectivity index (χ1v) is 6.35.